The van der Waals surface area contributed by atoms with Gasteiger partial charge in [-0.1, -0.05) is 18.2 Å². The minimum atomic E-state index is -0.512. The van der Waals surface area contributed by atoms with E-state index in [9.17, 15) is 9.59 Å². The Morgan fingerprint density at radius 1 is 0.783 bits per heavy atom. The Balaban J connectivity index is 0.00000417. The number of esters is 1. The van der Waals surface area contributed by atoms with Gasteiger partial charge in [0.15, 0.2) is 0 Å². The molecule has 0 bridgehead atoms. The van der Waals surface area contributed by atoms with E-state index in [0.29, 0.717) is 16.9 Å². The van der Waals surface area contributed by atoms with Gasteiger partial charge < -0.3 is 30.9 Å². The first-order valence-corrected chi connectivity index (χ1v) is 15.5. The van der Waals surface area contributed by atoms with Gasteiger partial charge in [-0.15, -0.1) is 0 Å². The standard InChI is InChI=1S/C38H37N2O5.ClH/c1-6-39(7-2)25-14-17-31-33(21-25)44-34-22-26(40(8-3)9-4)15-18-32(34)37(31)29-12-10-11-13-30(29)38(42)43-27-16-19-28-24(5)20-36(41)45-35(28)23-27;/h10-23H,6-9H2,1-5H3;1H/q+1;/p-1. The summed E-state index contributed by atoms with van der Waals surface area (Å²) in [7, 11) is 0. The molecule has 236 valence electrons. The highest BCUT2D eigenvalue weighted by molar-refractivity contribution is 6.08. The summed E-state index contributed by atoms with van der Waals surface area (Å²) in [5, 5.41) is 2.76. The number of halogens is 1. The number of hydrogen-bond donors (Lipinski definition) is 0. The number of ether oxygens (including phenoxy) is 1. The van der Waals surface area contributed by atoms with Crippen molar-refractivity contribution < 1.29 is 30.8 Å². The molecule has 6 rings (SSSR count). The molecule has 1 aliphatic carbocycles. The van der Waals surface area contributed by atoms with Crippen molar-refractivity contribution >= 4 is 33.6 Å². The van der Waals surface area contributed by atoms with Gasteiger partial charge in [-0.3, -0.25) is 0 Å². The smallest absolute Gasteiger partial charge is 0.344 e. The molecule has 0 saturated carbocycles. The van der Waals surface area contributed by atoms with Gasteiger partial charge in [0.25, 0.3) is 0 Å². The first kappa shape index (κ1) is 32.5. The lowest BCUT2D eigenvalue weighted by Gasteiger charge is -2.22. The van der Waals surface area contributed by atoms with Crippen LogP contribution in [0.2, 0.25) is 0 Å². The molecule has 0 saturated heterocycles. The van der Waals surface area contributed by atoms with Crippen molar-refractivity contribution in [1.29, 1.82) is 0 Å². The average molecular weight is 637 g/mol. The van der Waals surface area contributed by atoms with E-state index < -0.39 is 11.6 Å². The highest BCUT2D eigenvalue weighted by Crippen LogP contribution is 2.42. The summed E-state index contributed by atoms with van der Waals surface area (Å²) in [6.45, 7) is 13.9. The summed E-state index contributed by atoms with van der Waals surface area (Å²) in [6.07, 6.45) is 0. The summed E-state index contributed by atoms with van der Waals surface area (Å²) in [4.78, 5) is 28.1. The van der Waals surface area contributed by atoms with Crippen LogP contribution in [-0.4, -0.2) is 32.1 Å². The highest BCUT2D eigenvalue weighted by Gasteiger charge is 2.24. The largest absolute Gasteiger partial charge is 1.00 e. The molecule has 4 aromatic rings. The van der Waals surface area contributed by atoms with Crippen LogP contribution in [0.4, 0.5) is 5.69 Å². The summed E-state index contributed by atoms with van der Waals surface area (Å²) < 4.78 is 20.2. The van der Waals surface area contributed by atoms with Crippen molar-refractivity contribution in [3.63, 3.8) is 0 Å². The van der Waals surface area contributed by atoms with E-state index in [1.54, 1.807) is 24.3 Å². The van der Waals surface area contributed by atoms with Gasteiger partial charge in [0, 0.05) is 64.9 Å². The fourth-order valence-electron chi connectivity index (χ4n) is 6.14. The summed E-state index contributed by atoms with van der Waals surface area (Å²) in [5.74, 6) is 0.518. The quantitative estimate of drug-likeness (QED) is 0.0805. The molecule has 0 amide bonds. The number of benzene rings is 4. The van der Waals surface area contributed by atoms with Gasteiger partial charge in [-0.25, -0.2) is 14.2 Å². The van der Waals surface area contributed by atoms with Crippen LogP contribution in [-0.2, 0) is 0 Å². The monoisotopic (exact) mass is 636 g/mol. The van der Waals surface area contributed by atoms with E-state index in [1.165, 1.54) is 6.07 Å². The lowest BCUT2D eigenvalue weighted by Crippen LogP contribution is -3.00. The number of anilines is 1. The number of hydrogen-bond acceptors (Lipinski definition) is 6. The molecule has 46 heavy (non-hydrogen) atoms. The van der Waals surface area contributed by atoms with Crippen LogP contribution in [0.3, 0.4) is 0 Å². The summed E-state index contributed by atoms with van der Waals surface area (Å²) in [5.41, 5.74) is 5.48. The van der Waals surface area contributed by atoms with Gasteiger partial charge in [0.05, 0.1) is 11.6 Å². The van der Waals surface area contributed by atoms with Gasteiger partial charge in [0.2, 0.25) is 5.36 Å². The highest BCUT2D eigenvalue weighted by atomic mass is 35.5. The van der Waals surface area contributed by atoms with Gasteiger partial charge >= 0.3 is 11.6 Å². The maximum absolute atomic E-state index is 13.8. The van der Waals surface area contributed by atoms with Crippen LogP contribution in [0.25, 0.3) is 44.4 Å². The molecule has 0 unspecified atom stereocenters. The van der Waals surface area contributed by atoms with Crippen molar-refractivity contribution in [2.75, 3.05) is 31.1 Å². The van der Waals surface area contributed by atoms with Crippen molar-refractivity contribution in [1.82, 2.24) is 4.58 Å². The van der Waals surface area contributed by atoms with Gasteiger partial charge in [0.1, 0.15) is 35.8 Å². The fourth-order valence-corrected chi connectivity index (χ4v) is 6.14. The van der Waals surface area contributed by atoms with Crippen molar-refractivity contribution in [2.45, 2.75) is 34.6 Å². The van der Waals surface area contributed by atoms with Crippen molar-refractivity contribution in [2.24, 2.45) is 0 Å². The van der Waals surface area contributed by atoms with Crippen LogP contribution in [0.5, 0.6) is 5.75 Å². The van der Waals surface area contributed by atoms with Crippen LogP contribution in [0.15, 0.2) is 98.6 Å². The molecule has 0 atom stereocenters. The van der Waals surface area contributed by atoms with Crippen LogP contribution in [0, 0.1) is 6.92 Å². The predicted octanol–water partition coefficient (Wildman–Crippen LogP) is 4.50. The Bertz CT molecular complexity index is 2150. The fraction of sp³-hybridized carbons (Fsp3) is 0.237. The van der Waals surface area contributed by atoms with E-state index in [2.05, 4.69) is 73.6 Å². The van der Waals surface area contributed by atoms with E-state index in [4.69, 9.17) is 13.6 Å². The number of rotatable bonds is 8. The molecule has 1 aliphatic heterocycles. The number of fused-ring (bicyclic) bond motifs is 3. The minimum absolute atomic E-state index is 0. The van der Waals surface area contributed by atoms with Crippen LogP contribution < -0.4 is 37.6 Å². The molecular weight excluding hydrogens is 600 g/mol. The molecule has 1 aromatic heterocycles. The van der Waals surface area contributed by atoms with E-state index >= 15 is 0 Å². The van der Waals surface area contributed by atoms with Crippen molar-refractivity contribution in [3.8, 4) is 28.2 Å². The first-order valence-electron chi connectivity index (χ1n) is 15.5. The third-order valence-corrected chi connectivity index (χ3v) is 8.50. The second-order valence-corrected chi connectivity index (χ2v) is 11.0. The number of aryl methyl sites for hydroxylation is 1. The lowest BCUT2D eigenvalue weighted by molar-refractivity contribution is -0.0000231. The molecule has 0 N–H and O–H groups in total. The van der Waals surface area contributed by atoms with E-state index in [1.807, 2.05) is 25.1 Å². The topological polar surface area (TPSA) is 75.9 Å². The molecule has 8 heteroatoms. The number of nitrogens with zero attached hydrogens (tertiary/aromatic N) is 2. The zero-order valence-electron chi connectivity index (χ0n) is 26.7. The van der Waals surface area contributed by atoms with E-state index in [0.717, 1.165) is 81.6 Å². The maximum Gasteiger partial charge on any atom is 0.344 e. The van der Waals surface area contributed by atoms with Crippen LogP contribution in [0.1, 0.15) is 43.6 Å². The van der Waals surface area contributed by atoms with Crippen LogP contribution >= 0.6 is 0 Å². The third-order valence-electron chi connectivity index (χ3n) is 8.50. The molecule has 2 aliphatic rings. The molecule has 2 heterocycles. The molecule has 0 fully saturated rings. The molecule has 7 nitrogen and oxygen atoms in total. The predicted molar refractivity (Wildman–Crippen MR) is 180 cm³/mol. The Labute approximate surface area is 274 Å². The second-order valence-electron chi connectivity index (χ2n) is 11.0. The molecule has 0 radical (unpaired) electrons. The van der Waals surface area contributed by atoms with E-state index in [-0.39, 0.29) is 12.4 Å². The molecular formula is C38H37ClN2O5. The summed E-state index contributed by atoms with van der Waals surface area (Å²) in [6, 6.07) is 26.6. The minimum Gasteiger partial charge on any atom is -1.00 e. The number of carbonyl (C=O) groups is 1. The zero-order valence-corrected chi connectivity index (χ0v) is 27.5. The maximum atomic E-state index is 13.8. The summed E-state index contributed by atoms with van der Waals surface area (Å²) >= 11 is 0. The average Bonchev–Trinajstić information content (AvgIpc) is 3.04. The van der Waals surface area contributed by atoms with Gasteiger partial charge in [-0.05, 0) is 82.1 Å². The van der Waals surface area contributed by atoms with Crippen molar-refractivity contribution in [3.05, 3.63) is 112 Å². The van der Waals surface area contributed by atoms with Gasteiger partial charge in [-0.2, -0.15) is 0 Å². The Morgan fingerprint density at radius 3 is 2.24 bits per heavy atom. The third kappa shape index (κ3) is 6.03. The number of carbonyl (C=O) groups excluding carboxylic acids is 1. The SMILES string of the molecule is CCN(CC)c1ccc2c(-c3ccccc3C(=O)Oc3ccc4c(C)cc(=O)oc4c3)c3ccc(=[N+](CC)CC)cc-3oc2c1.[Cl-]. The molecule has 0 spiro atoms. The zero-order chi connectivity index (χ0) is 31.7. The molecule has 3 aromatic carbocycles. The Hall–Kier alpha value is -4.88. The second kappa shape index (κ2) is 13.6. The Kier molecular flexibility index (Phi) is 9.63. The Morgan fingerprint density at radius 2 is 1.50 bits per heavy atom. The normalized spacial score (nSPS) is 11.1. The first-order chi connectivity index (χ1) is 21.8. The lowest BCUT2D eigenvalue weighted by atomic mass is 9.90.